The fourth-order valence-corrected chi connectivity index (χ4v) is 4.10. The lowest BCUT2D eigenvalue weighted by molar-refractivity contribution is -0.142. The smallest absolute Gasteiger partial charge is 0.343 e. The number of nitrogens with two attached hydrogens (primary N) is 1. The highest BCUT2D eigenvalue weighted by molar-refractivity contribution is 6.44. The first kappa shape index (κ1) is 23.6. The quantitative estimate of drug-likeness (QED) is 0.227. The standard InChI is InChI=1S/C27H24N2O6/c1-33-22(30)16-35-21-13-8-14-29-20(26(34-2)23(24(21)29)25(31)27(28)32)15-18-11-6-7-12-19(18)17-9-4-3-5-10-17/h3-14H,15-16H2,1-2H3,(H2,28,32). The average Bonchev–Trinajstić information content (AvgIpc) is 3.21. The second-order valence-electron chi connectivity index (χ2n) is 7.70. The lowest BCUT2D eigenvalue weighted by Crippen LogP contribution is -2.23. The number of hydrogen-bond donors (Lipinski definition) is 1. The predicted molar refractivity (Wildman–Crippen MR) is 130 cm³/mol. The second kappa shape index (κ2) is 10.1. The van der Waals surface area contributed by atoms with Crippen molar-refractivity contribution in [3.8, 4) is 22.6 Å². The maximum atomic E-state index is 12.9. The van der Waals surface area contributed by atoms with Gasteiger partial charge in [0, 0.05) is 12.6 Å². The Hall–Kier alpha value is -4.59. The third-order valence-corrected chi connectivity index (χ3v) is 5.66. The van der Waals surface area contributed by atoms with E-state index < -0.39 is 17.7 Å². The Kier molecular flexibility index (Phi) is 6.82. The van der Waals surface area contributed by atoms with E-state index in [0.717, 1.165) is 16.7 Å². The highest BCUT2D eigenvalue weighted by Crippen LogP contribution is 2.38. The van der Waals surface area contributed by atoms with Gasteiger partial charge < -0.3 is 24.3 Å². The minimum atomic E-state index is -1.13. The molecule has 2 aromatic carbocycles. The van der Waals surface area contributed by atoms with Gasteiger partial charge in [-0.15, -0.1) is 0 Å². The van der Waals surface area contributed by atoms with Crippen molar-refractivity contribution in [2.24, 2.45) is 5.73 Å². The van der Waals surface area contributed by atoms with E-state index in [2.05, 4.69) is 4.74 Å². The van der Waals surface area contributed by atoms with Crippen LogP contribution in [0, 0.1) is 0 Å². The van der Waals surface area contributed by atoms with Gasteiger partial charge in [0.15, 0.2) is 12.4 Å². The monoisotopic (exact) mass is 472 g/mol. The zero-order chi connectivity index (χ0) is 24.9. The topological polar surface area (TPSA) is 109 Å². The molecule has 0 spiro atoms. The van der Waals surface area contributed by atoms with Gasteiger partial charge in [-0.05, 0) is 28.8 Å². The zero-order valence-corrected chi connectivity index (χ0v) is 19.3. The van der Waals surface area contributed by atoms with Crippen LogP contribution in [-0.2, 0) is 20.7 Å². The molecule has 178 valence electrons. The number of pyridine rings is 1. The molecule has 4 rings (SSSR count). The Labute approximate surface area is 201 Å². The summed E-state index contributed by atoms with van der Waals surface area (Å²) < 4.78 is 17.7. The normalized spacial score (nSPS) is 10.7. The lowest BCUT2D eigenvalue weighted by Gasteiger charge is -2.12. The Morgan fingerprint density at radius 1 is 0.914 bits per heavy atom. The molecule has 0 saturated heterocycles. The third-order valence-electron chi connectivity index (χ3n) is 5.66. The first-order valence-electron chi connectivity index (χ1n) is 10.8. The summed E-state index contributed by atoms with van der Waals surface area (Å²) in [5.41, 5.74) is 9.30. The van der Waals surface area contributed by atoms with Crippen LogP contribution in [0.4, 0.5) is 0 Å². The summed E-state index contributed by atoms with van der Waals surface area (Å²) in [6.07, 6.45) is 2.11. The van der Waals surface area contributed by atoms with E-state index >= 15 is 0 Å². The highest BCUT2D eigenvalue weighted by atomic mass is 16.6. The van der Waals surface area contributed by atoms with Gasteiger partial charge in [0.25, 0.3) is 11.7 Å². The first-order chi connectivity index (χ1) is 17.0. The maximum Gasteiger partial charge on any atom is 0.343 e. The van der Waals surface area contributed by atoms with Crippen LogP contribution in [0.5, 0.6) is 11.5 Å². The Balaban J connectivity index is 1.92. The molecule has 0 unspecified atom stereocenters. The number of esters is 1. The van der Waals surface area contributed by atoms with Gasteiger partial charge in [0.05, 0.1) is 25.5 Å². The summed E-state index contributed by atoms with van der Waals surface area (Å²) in [6.45, 7) is -0.375. The molecule has 8 nitrogen and oxygen atoms in total. The Morgan fingerprint density at radius 3 is 2.31 bits per heavy atom. The number of amides is 1. The minimum Gasteiger partial charge on any atom is -0.494 e. The number of ether oxygens (including phenoxy) is 3. The number of hydrogen-bond acceptors (Lipinski definition) is 6. The van der Waals surface area contributed by atoms with Gasteiger partial charge in [0.1, 0.15) is 11.3 Å². The molecule has 1 amide bonds. The lowest BCUT2D eigenvalue weighted by atomic mass is 9.96. The number of methoxy groups -OCH3 is 2. The van der Waals surface area contributed by atoms with Gasteiger partial charge in [-0.25, -0.2) is 4.79 Å². The largest absolute Gasteiger partial charge is 0.494 e. The van der Waals surface area contributed by atoms with E-state index in [1.54, 1.807) is 22.7 Å². The van der Waals surface area contributed by atoms with Crippen LogP contribution in [0.2, 0.25) is 0 Å². The van der Waals surface area contributed by atoms with Gasteiger partial charge >= 0.3 is 5.97 Å². The molecule has 0 fully saturated rings. The molecule has 2 aromatic heterocycles. The van der Waals surface area contributed by atoms with Gasteiger partial charge in [-0.1, -0.05) is 54.6 Å². The average molecular weight is 472 g/mol. The summed E-state index contributed by atoms with van der Waals surface area (Å²) in [7, 11) is 2.67. The molecule has 8 heteroatoms. The van der Waals surface area contributed by atoms with Crippen molar-refractivity contribution in [2.75, 3.05) is 20.8 Å². The fraction of sp³-hybridized carbons (Fsp3) is 0.148. The summed E-state index contributed by atoms with van der Waals surface area (Å²) in [5.74, 6) is -2.22. The summed E-state index contributed by atoms with van der Waals surface area (Å²) in [6, 6.07) is 21.1. The molecule has 0 radical (unpaired) electrons. The van der Waals surface area contributed by atoms with Gasteiger partial charge in [-0.2, -0.15) is 0 Å². The van der Waals surface area contributed by atoms with Crippen LogP contribution in [0.3, 0.4) is 0 Å². The minimum absolute atomic E-state index is 0.0207. The molecule has 2 heterocycles. The molecule has 0 aliphatic heterocycles. The van der Waals surface area contributed by atoms with Crippen molar-refractivity contribution in [3.05, 3.63) is 89.7 Å². The van der Waals surface area contributed by atoms with E-state index in [1.165, 1.54) is 14.2 Å². The SMILES string of the molecule is COC(=O)COc1cccn2c(Cc3ccccc3-c3ccccc3)c(OC)c(C(=O)C(N)=O)c12. The van der Waals surface area contributed by atoms with Gasteiger partial charge in [-0.3, -0.25) is 9.59 Å². The van der Waals surface area contributed by atoms with E-state index in [0.29, 0.717) is 12.1 Å². The van der Waals surface area contributed by atoms with Crippen LogP contribution >= 0.6 is 0 Å². The number of carbonyl (C=O) groups is 3. The first-order valence-corrected chi connectivity index (χ1v) is 10.8. The third kappa shape index (κ3) is 4.59. The van der Waals surface area contributed by atoms with Crippen molar-refractivity contribution < 1.29 is 28.6 Å². The zero-order valence-electron chi connectivity index (χ0n) is 19.3. The van der Waals surface area contributed by atoms with Gasteiger partial charge in [0.2, 0.25) is 0 Å². The Morgan fingerprint density at radius 2 is 1.63 bits per heavy atom. The molecule has 0 bridgehead atoms. The molecule has 35 heavy (non-hydrogen) atoms. The molecule has 4 aromatic rings. The molecule has 2 N–H and O–H groups in total. The van der Waals surface area contributed by atoms with Crippen molar-refractivity contribution in [2.45, 2.75) is 6.42 Å². The van der Waals surface area contributed by atoms with Crippen molar-refractivity contribution in [1.29, 1.82) is 0 Å². The number of Topliss-reactive ketones (excluding diaryl/α,β-unsaturated/α-hetero) is 1. The highest BCUT2D eigenvalue weighted by Gasteiger charge is 2.30. The number of fused-ring (bicyclic) bond motifs is 1. The number of benzene rings is 2. The number of carbonyl (C=O) groups excluding carboxylic acids is 3. The van der Waals surface area contributed by atoms with Crippen molar-refractivity contribution in [3.63, 3.8) is 0 Å². The second-order valence-corrected chi connectivity index (χ2v) is 7.70. The van der Waals surface area contributed by atoms with Crippen LogP contribution < -0.4 is 15.2 Å². The Bertz CT molecular complexity index is 1410. The molecular formula is C27H24N2O6. The van der Waals surface area contributed by atoms with E-state index in [9.17, 15) is 14.4 Å². The van der Waals surface area contributed by atoms with Crippen LogP contribution in [0.15, 0.2) is 72.9 Å². The maximum absolute atomic E-state index is 12.9. The molecule has 0 atom stereocenters. The summed E-state index contributed by atoms with van der Waals surface area (Å²) in [5, 5.41) is 0. The number of nitrogens with zero attached hydrogens (tertiary/aromatic N) is 1. The molecule has 0 saturated carbocycles. The fourth-order valence-electron chi connectivity index (χ4n) is 4.10. The molecular weight excluding hydrogens is 448 g/mol. The van der Waals surface area contributed by atoms with Crippen molar-refractivity contribution >= 4 is 23.2 Å². The van der Waals surface area contributed by atoms with Crippen LogP contribution in [0.25, 0.3) is 16.6 Å². The molecule has 0 aliphatic rings. The van der Waals surface area contributed by atoms with E-state index in [-0.39, 0.29) is 29.2 Å². The number of ketones is 1. The number of primary amides is 1. The van der Waals surface area contributed by atoms with Crippen LogP contribution in [0.1, 0.15) is 21.6 Å². The van der Waals surface area contributed by atoms with E-state index in [4.69, 9.17) is 15.2 Å². The number of rotatable bonds is 9. The number of aromatic nitrogens is 1. The van der Waals surface area contributed by atoms with Crippen LogP contribution in [-0.4, -0.2) is 42.9 Å². The predicted octanol–water partition coefficient (Wildman–Crippen LogP) is 3.43. The summed E-state index contributed by atoms with van der Waals surface area (Å²) >= 11 is 0. The summed E-state index contributed by atoms with van der Waals surface area (Å²) in [4.78, 5) is 36.5. The van der Waals surface area contributed by atoms with Crippen molar-refractivity contribution in [1.82, 2.24) is 4.40 Å². The molecule has 0 aliphatic carbocycles. The van der Waals surface area contributed by atoms with E-state index in [1.807, 2.05) is 54.6 Å².